The number of amides is 2. The van der Waals surface area contributed by atoms with Crippen LogP contribution in [0, 0.1) is 0 Å². The third-order valence-corrected chi connectivity index (χ3v) is 6.00. The van der Waals surface area contributed by atoms with Crippen LogP contribution in [0.2, 0.25) is 0 Å². The monoisotopic (exact) mass is 443 g/mol. The Hall–Kier alpha value is -3.38. The summed E-state index contributed by atoms with van der Waals surface area (Å²) in [5.41, 5.74) is 4.19. The first kappa shape index (κ1) is 22.8. The van der Waals surface area contributed by atoms with Crippen molar-refractivity contribution in [2.45, 2.75) is 32.7 Å². The third kappa shape index (κ3) is 6.56. The second-order valence-electron chi connectivity index (χ2n) is 8.86. The van der Waals surface area contributed by atoms with Crippen LogP contribution in [0.4, 0.5) is 22.0 Å². The van der Waals surface area contributed by atoms with E-state index in [1.54, 1.807) is 6.20 Å². The average molecular weight is 444 g/mol. The maximum Gasteiger partial charge on any atom is 0.323 e. The quantitative estimate of drug-likeness (QED) is 0.524. The molecule has 6 heteroatoms. The molecule has 2 heterocycles. The number of aromatic nitrogens is 1. The van der Waals surface area contributed by atoms with Crippen molar-refractivity contribution in [2.24, 2.45) is 0 Å². The Bertz CT molecular complexity index is 1020. The van der Waals surface area contributed by atoms with E-state index in [2.05, 4.69) is 63.5 Å². The van der Waals surface area contributed by atoms with Crippen LogP contribution in [0.1, 0.15) is 37.3 Å². The molecule has 1 aromatic heterocycles. The zero-order valence-electron chi connectivity index (χ0n) is 19.5. The lowest BCUT2D eigenvalue weighted by atomic mass is 10.0. The van der Waals surface area contributed by atoms with Gasteiger partial charge in [0.2, 0.25) is 0 Å². The second kappa shape index (κ2) is 11.0. The number of rotatable bonds is 6. The van der Waals surface area contributed by atoms with Crippen molar-refractivity contribution < 1.29 is 4.79 Å². The van der Waals surface area contributed by atoms with Crippen LogP contribution in [-0.4, -0.2) is 42.1 Å². The number of urea groups is 1. The Morgan fingerprint density at radius 2 is 1.64 bits per heavy atom. The largest absolute Gasteiger partial charge is 0.355 e. The highest BCUT2D eigenvalue weighted by Crippen LogP contribution is 2.19. The minimum absolute atomic E-state index is 0.275. The van der Waals surface area contributed by atoms with Crippen LogP contribution in [-0.2, 0) is 6.54 Å². The predicted octanol–water partition coefficient (Wildman–Crippen LogP) is 5.56. The van der Waals surface area contributed by atoms with Crippen LogP contribution in [0.25, 0.3) is 0 Å². The first-order valence-corrected chi connectivity index (χ1v) is 11.7. The highest BCUT2D eigenvalue weighted by atomic mass is 16.2. The van der Waals surface area contributed by atoms with E-state index >= 15 is 0 Å². The van der Waals surface area contributed by atoms with Gasteiger partial charge in [0.1, 0.15) is 5.82 Å². The summed E-state index contributed by atoms with van der Waals surface area (Å²) in [6, 6.07) is 22.0. The van der Waals surface area contributed by atoms with Gasteiger partial charge in [-0.05, 0) is 47.7 Å². The summed E-state index contributed by atoms with van der Waals surface area (Å²) in [6.07, 6.45) is 2.82. The fourth-order valence-corrected chi connectivity index (χ4v) is 4.09. The van der Waals surface area contributed by atoms with Crippen LogP contribution >= 0.6 is 0 Å². The summed E-state index contributed by atoms with van der Waals surface area (Å²) in [7, 11) is 0. The number of hydrogen-bond donors (Lipinski definition) is 2. The van der Waals surface area contributed by atoms with Gasteiger partial charge in [0.05, 0.1) is 11.9 Å². The molecule has 0 aliphatic carbocycles. The molecule has 0 bridgehead atoms. The van der Waals surface area contributed by atoms with Gasteiger partial charge in [-0.25, -0.2) is 9.78 Å². The third-order valence-electron chi connectivity index (χ3n) is 6.00. The Balaban J connectivity index is 1.28. The number of hydrogen-bond acceptors (Lipinski definition) is 4. The number of carbonyl (C=O) groups is 1. The summed E-state index contributed by atoms with van der Waals surface area (Å²) in [5, 5.41) is 5.65. The molecule has 0 radical (unpaired) electrons. The fraction of sp³-hybridized carbons (Fsp3) is 0.333. The molecule has 6 nitrogen and oxygen atoms in total. The number of carbonyl (C=O) groups excluding carboxylic acids is 1. The van der Waals surface area contributed by atoms with Gasteiger partial charge in [0, 0.05) is 38.4 Å². The number of nitrogens with zero attached hydrogens (tertiary/aromatic N) is 3. The topological polar surface area (TPSA) is 60.5 Å². The van der Waals surface area contributed by atoms with Crippen molar-refractivity contribution >= 4 is 23.2 Å². The second-order valence-corrected chi connectivity index (χ2v) is 8.86. The summed E-state index contributed by atoms with van der Waals surface area (Å²) >= 11 is 0. The lowest BCUT2D eigenvalue weighted by Crippen LogP contribution is -2.31. The highest BCUT2D eigenvalue weighted by Gasteiger charge is 2.16. The molecule has 1 saturated heterocycles. The van der Waals surface area contributed by atoms with Gasteiger partial charge < -0.3 is 15.5 Å². The van der Waals surface area contributed by atoms with Crippen molar-refractivity contribution in [3.05, 3.63) is 84.1 Å². The summed E-state index contributed by atoms with van der Waals surface area (Å²) in [4.78, 5) is 21.6. The highest BCUT2D eigenvalue weighted by molar-refractivity contribution is 5.99. The number of nitrogens with one attached hydrogen (secondary N) is 2. The molecule has 172 valence electrons. The number of pyridine rings is 1. The van der Waals surface area contributed by atoms with E-state index in [4.69, 9.17) is 0 Å². The average Bonchev–Trinajstić information content (AvgIpc) is 3.06. The molecular formula is C27H33N5O. The lowest BCUT2D eigenvalue weighted by molar-refractivity contribution is 0.262. The first-order chi connectivity index (χ1) is 16.1. The number of anilines is 3. The van der Waals surface area contributed by atoms with Gasteiger partial charge in [-0.15, -0.1) is 0 Å². The molecule has 0 atom stereocenters. The SMILES string of the molecule is CC(C)c1ccc(CN2CCCN(c3ccc(NC(=O)Nc4ccccc4)cn3)CC2)cc1. The summed E-state index contributed by atoms with van der Waals surface area (Å²) in [5.74, 6) is 1.52. The maximum absolute atomic E-state index is 12.2. The Morgan fingerprint density at radius 1 is 0.879 bits per heavy atom. The van der Waals surface area contributed by atoms with Gasteiger partial charge in [0.15, 0.2) is 0 Å². The van der Waals surface area contributed by atoms with E-state index in [1.165, 1.54) is 11.1 Å². The lowest BCUT2D eigenvalue weighted by Gasteiger charge is -2.23. The molecule has 33 heavy (non-hydrogen) atoms. The zero-order valence-corrected chi connectivity index (χ0v) is 19.5. The summed E-state index contributed by atoms with van der Waals surface area (Å²) < 4.78 is 0. The normalized spacial score (nSPS) is 14.7. The van der Waals surface area contributed by atoms with Gasteiger partial charge in [0.25, 0.3) is 0 Å². The van der Waals surface area contributed by atoms with Crippen molar-refractivity contribution in [1.29, 1.82) is 0 Å². The Labute approximate surface area is 196 Å². The molecule has 2 aromatic carbocycles. The molecule has 2 N–H and O–H groups in total. The van der Waals surface area contributed by atoms with Crippen LogP contribution in [0.15, 0.2) is 72.9 Å². The van der Waals surface area contributed by atoms with E-state index in [9.17, 15) is 4.79 Å². The minimum atomic E-state index is -0.275. The van der Waals surface area contributed by atoms with Crippen molar-refractivity contribution in [3.63, 3.8) is 0 Å². The maximum atomic E-state index is 12.2. The van der Waals surface area contributed by atoms with E-state index < -0.39 is 0 Å². The molecular weight excluding hydrogens is 410 g/mol. The van der Waals surface area contributed by atoms with Crippen LogP contribution in [0.5, 0.6) is 0 Å². The van der Waals surface area contributed by atoms with E-state index in [1.807, 2.05) is 42.5 Å². The van der Waals surface area contributed by atoms with Gasteiger partial charge >= 0.3 is 6.03 Å². The van der Waals surface area contributed by atoms with Crippen molar-refractivity contribution in [3.8, 4) is 0 Å². The molecule has 1 aliphatic rings. The first-order valence-electron chi connectivity index (χ1n) is 11.7. The predicted molar refractivity (Wildman–Crippen MR) is 136 cm³/mol. The molecule has 3 aromatic rings. The Kier molecular flexibility index (Phi) is 7.58. The molecule has 4 rings (SSSR count). The van der Waals surface area contributed by atoms with Crippen LogP contribution in [0.3, 0.4) is 0 Å². The molecule has 0 saturated carbocycles. The minimum Gasteiger partial charge on any atom is -0.355 e. The molecule has 0 spiro atoms. The standard InChI is InChI=1S/C27H33N5O/c1-21(2)23-11-9-22(10-12-23)20-31-15-6-16-32(18-17-31)26-14-13-25(19-28-26)30-27(33)29-24-7-4-3-5-8-24/h3-5,7-14,19,21H,6,15-18,20H2,1-2H3,(H2,29,30,33). The number of benzene rings is 2. The number of para-hydroxylation sites is 1. The zero-order chi connectivity index (χ0) is 23.0. The molecule has 2 amide bonds. The smallest absolute Gasteiger partial charge is 0.323 e. The van der Waals surface area contributed by atoms with E-state index in [-0.39, 0.29) is 6.03 Å². The van der Waals surface area contributed by atoms with Crippen LogP contribution < -0.4 is 15.5 Å². The van der Waals surface area contributed by atoms with E-state index in [0.29, 0.717) is 11.6 Å². The van der Waals surface area contributed by atoms with E-state index in [0.717, 1.165) is 50.6 Å². The van der Waals surface area contributed by atoms with Gasteiger partial charge in [-0.1, -0.05) is 56.3 Å². The Morgan fingerprint density at radius 3 is 2.33 bits per heavy atom. The van der Waals surface area contributed by atoms with Crippen molar-refractivity contribution in [2.75, 3.05) is 41.7 Å². The summed E-state index contributed by atoms with van der Waals surface area (Å²) in [6.45, 7) is 9.46. The molecule has 0 unspecified atom stereocenters. The van der Waals surface area contributed by atoms with Gasteiger partial charge in [-0.2, -0.15) is 0 Å². The molecule has 1 aliphatic heterocycles. The fourth-order valence-electron chi connectivity index (χ4n) is 4.09. The van der Waals surface area contributed by atoms with Crippen molar-refractivity contribution in [1.82, 2.24) is 9.88 Å². The molecule has 1 fully saturated rings. The van der Waals surface area contributed by atoms with Gasteiger partial charge in [-0.3, -0.25) is 4.90 Å².